The molecule has 1 aliphatic heterocycles. The minimum atomic E-state index is -3.12. The first-order valence-electron chi connectivity index (χ1n) is 4.84. The third kappa shape index (κ3) is 2.70. The van der Waals surface area contributed by atoms with Crippen molar-refractivity contribution >= 4 is 15.7 Å². The van der Waals surface area contributed by atoms with E-state index in [-0.39, 0.29) is 6.04 Å². The maximum absolute atomic E-state index is 11.1. The molecule has 0 fully saturated rings. The fraction of sp³-hybridized carbons (Fsp3) is 0.400. The second-order valence-corrected chi connectivity index (χ2v) is 5.61. The molecule has 2 N–H and O–H groups in total. The maximum atomic E-state index is 11.1. The monoisotopic (exact) mass is 226 g/mol. The molecule has 2 rings (SSSR count). The molecule has 0 aliphatic carbocycles. The summed E-state index contributed by atoms with van der Waals surface area (Å²) in [7, 11) is -3.12. The third-order valence-electron chi connectivity index (χ3n) is 2.40. The Morgan fingerprint density at radius 1 is 1.40 bits per heavy atom. The van der Waals surface area contributed by atoms with Crippen molar-refractivity contribution in [2.24, 2.45) is 0 Å². The molecule has 1 atom stereocenters. The van der Waals surface area contributed by atoms with Crippen LogP contribution in [0.2, 0.25) is 0 Å². The van der Waals surface area contributed by atoms with E-state index in [0.29, 0.717) is 6.54 Å². The number of para-hydroxylation sites is 1. The van der Waals surface area contributed by atoms with E-state index in [2.05, 4.69) is 10.0 Å². The molecule has 1 aromatic carbocycles. The van der Waals surface area contributed by atoms with Crippen molar-refractivity contribution in [2.45, 2.75) is 12.5 Å². The zero-order valence-corrected chi connectivity index (χ0v) is 9.34. The molecule has 5 heteroatoms. The van der Waals surface area contributed by atoms with Crippen LogP contribution in [0.3, 0.4) is 0 Å². The molecule has 1 unspecified atom stereocenters. The molecule has 0 aromatic heterocycles. The van der Waals surface area contributed by atoms with Gasteiger partial charge in [0.15, 0.2) is 0 Å². The summed E-state index contributed by atoms with van der Waals surface area (Å²) >= 11 is 0. The lowest BCUT2D eigenvalue weighted by Crippen LogP contribution is -2.42. The summed E-state index contributed by atoms with van der Waals surface area (Å²) in [4.78, 5) is 0. The van der Waals surface area contributed by atoms with Crippen LogP contribution >= 0.6 is 0 Å². The van der Waals surface area contributed by atoms with E-state index in [0.717, 1.165) is 17.7 Å². The highest BCUT2D eigenvalue weighted by atomic mass is 32.2. The molecular weight excluding hydrogens is 212 g/mol. The number of sulfonamides is 1. The van der Waals surface area contributed by atoms with Crippen LogP contribution in [-0.4, -0.2) is 27.3 Å². The normalized spacial score (nSPS) is 20.5. The molecule has 1 aromatic rings. The van der Waals surface area contributed by atoms with E-state index in [4.69, 9.17) is 0 Å². The number of anilines is 1. The van der Waals surface area contributed by atoms with Gasteiger partial charge in [0.1, 0.15) is 0 Å². The van der Waals surface area contributed by atoms with Gasteiger partial charge in [-0.15, -0.1) is 0 Å². The zero-order chi connectivity index (χ0) is 10.9. The van der Waals surface area contributed by atoms with Crippen LogP contribution in [0.15, 0.2) is 24.3 Å². The molecule has 0 spiro atoms. The summed E-state index contributed by atoms with van der Waals surface area (Å²) in [5.74, 6) is 0. The Bertz CT molecular complexity index is 456. The summed E-state index contributed by atoms with van der Waals surface area (Å²) in [6.45, 7) is 0.643. The van der Waals surface area contributed by atoms with Gasteiger partial charge in [-0.2, -0.15) is 0 Å². The summed E-state index contributed by atoms with van der Waals surface area (Å²) in [6.07, 6.45) is 1.93. The van der Waals surface area contributed by atoms with Crippen molar-refractivity contribution in [1.29, 1.82) is 0 Å². The van der Waals surface area contributed by atoms with Crippen LogP contribution in [0, 0.1) is 0 Å². The predicted octanol–water partition coefficient (Wildman–Crippen LogP) is 0.572. The van der Waals surface area contributed by atoms with Crippen molar-refractivity contribution in [3.05, 3.63) is 29.8 Å². The second kappa shape index (κ2) is 3.83. The molecule has 15 heavy (non-hydrogen) atoms. The number of hydrogen-bond donors (Lipinski definition) is 2. The fourth-order valence-electron chi connectivity index (χ4n) is 1.83. The van der Waals surface area contributed by atoms with Gasteiger partial charge in [0, 0.05) is 18.3 Å². The van der Waals surface area contributed by atoms with Crippen LogP contribution < -0.4 is 10.0 Å². The van der Waals surface area contributed by atoms with Crippen LogP contribution in [0.4, 0.5) is 5.69 Å². The Morgan fingerprint density at radius 2 is 2.13 bits per heavy atom. The molecule has 0 saturated carbocycles. The minimum Gasteiger partial charge on any atom is -0.383 e. The highest BCUT2D eigenvalue weighted by Gasteiger charge is 2.19. The quantitative estimate of drug-likeness (QED) is 0.775. The van der Waals surface area contributed by atoms with Crippen LogP contribution in [-0.2, 0) is 16.4 Å². The standard InChI is InChI=1S/C10H14N2O2S/c1-15(13,14)12-9-6-8-4-2-3-5-10(8)11-7-9/h2-5,9,11-12H,6-7H2,1H3. The van der Waals surface area contributed by atoms with Crippen molar-refractivity contribution in [2.75, 3.05) is 18.1 Å². The molecule has 1 aliphatic rings. The van der Waals surface area contributed by atoms with E-state index in [1.165, 1.54) is 6.26 Å². The lowest BCUT2D eigenvalue weighted by molar-refractivity contribution is 0.554. The Kier molecular flexibility index (Phi) is 2.67. The third-order valence-corrected chi connectivity index (χ3v) is 3.16. The predicted molar refractivity (Wildman–Crippen MR) is 60.4 cm³/mol. The van der Waals surface area contributed by atoms with Crippen molar-refractivity contribution in [1.82, 2.24) is 4.72 Å². The van der Waals surface area contributed by atoms with Crippen molar-refractivity contribution in [3.63, 3.8) is 0 Å². The Labute approximate surface area is 89.7 Å². The molecule has 0 bridgehead atoms. The van der Waals surface area contributed by atoms with Crippen molar-refractivity contribution < 1.29 is 8.42 Å². The highest BCUT2D eigenvalue weighted by molar-refractivity contribution is 7.88. The average molecular weight is 226 g/mol. The molecule has 0 radical (unpaired) electrons. The smallest absolute Gasteiger partial charge is 0.209 e. The van der Waals surface area contributed by atoms with E-state index >= 15 is 0 Å². The lowest BCUT2D eigenvalue weighted by atomic mass is 10.0. The summed E-state index contributed by atoms with van der Waals surface area (Å²) in [5.41, 5.74) is 2.26. The van der Waals surface area contributed by atoms with Gasteiger partial charge < -0.3 is 5.32 Å². The first-order chi connectivity index (χ1) is 7.04. The second-order valence-electron chi connectivity index (χ2n) is 3.83. The molecule has 0 saturated heterocycles. The van der Waals surface area contributed by atoms with E-state index in [1.54, 1.807) is 0 Å². The SMILES string of the molecule is CS(=O)(=O)NC1CNc2ccccc2C1. The molecule has 1 heterocycles. The van der Waals surface area contributed by atoms with Gasteiger partial charge >= 0.3 is 0 Å². The van der Waals surface area contributed by atoms with E-state index < -0.39 is 10.0 Å². The van der Waals surface area contributed by atoms with Gasteiger partial charge in [0.25, 0.3) is 0 Å². The zero-order valence-electron chi connectivity index (χ0n) is 8.53. The van der Waals surface area contributed by atoms with Gasteiger partial charge in [-0.3, -0.25) is 0 Å². The number of rotatable bonds is 2. The van der Waals surface area contributed by atoms with Gasteiger partial charge in [0.2, 0.25) is 10.0 Å². The topological polar surface area (TPSA) is 58.2 Å². The van der Waals surface area contributed by atoms with Gasteiger partial charge in [0.05, 0.1) is 6.26 Å². The summed E-state index contributed by atoms with van der Waals surface area (Å²) in [5, 5.41) is 3.21. The Hall–Kier alpha value is -1.07. The minimum absolute atomic E-state index is 0.0464. The van der Waals surface area contributed by atoms with Gasteiger partial charge in [-0.1, -0.05) is 18.2 Å². The van der Waals surface area contributed by atoms with Crippen LogP contribution in [0.25, 0.3) is 0 Å². The number of fused-ring (bicyclic) bond motifs is 1. The maximum Gasteiger partial charge on any atom is 0.209 e. The first kappa shape index (κ1) is 10.4. The molecule has 0 amide bonds. The Morgan fingerprint density at radius 3 is 2.87 bits per heavy atom. The summed E-state index contributed by atoms with van der Waals surface area (Å²) in [6, 6.07) is 7.90. The Balaban J connectivity index is 2.12. The largest absolute Gasteiger partial charge is 0.383 e. The van der Waals surface area contributed by atoms with Crippen molar-refractivity contribution in [3.8, 4) is 0 Å². The molecule has 4 nitrogen and oxygen atoms in total. The molecule has 82 valence electrons. The molecular formula is C10H14N2O2S. The van der Waals surface area contributed by atoms with Crippen LogP contribution in [0.1, 0.15) is 5.56 Å². The van der Waals surface area contributed by atoms with E-state index in [9.17, 15) is 8.42 Å². The summed E-state index contributed by atoms with van der Waals surface area (Å²) < 4.78 is 24.8. The fourth-order valence-corrected chi connectivity index (χ4v) is 2.60. The van der Waals surface area contributed by atoms with Gasteiger partial charge in [-0.25, -0.2) is 13.1 Å². The number of hydrogen-bond acceptors (Lipinski definition) is 3. The number of nitrogens with one attached hydrogen (secondary N) is 2. The van der Waals surface area contributed by atoms with E-state index in [1.807, 2.05) is 24.3 Å². The van der Waals surface area contributed by atoms with Gasteiger partial charge in [-0.05, 0) is 18.1 Å². The number of benzene rings is 1. The lowest BCUT2D eigenvalue weighted by Gasteiger charge is -2.26. The van der Waals surface area contributed by atoms with Crippen LogP contribution in [0.5, 0.6) is 0 Å². The average Bonchev–Trinajstić information content (AvgIpc) is 2.15. The first-order valence-corrected chi connectivity index (χ1v) is 6.73. The highest BCUT2D eigenvalue weighted by Crippen LogP contribution is 2.21.